The fourth-order valence-electron chi connectivity index (χ4n) is 1.57. The lowest BCUT2D eigenvalue weighted by molar-refractivity contribution is -0.103. The Kier molecular flexibility index (Phi) is 16.0. The molecule has 0 radical (unpaired) electrons. The van der Waals surface area contributed by atoms with Crippen LogP contribution in [0.3, 0.4) is 0 Å². The van der Waals surface area contributed by atoms with Gasteiger partial charge in [-0.3, -0.25) is 0 Å². The molecule has 0 aliphatic carbocycles. The van der Waals surface area contributed by atoms with Crippen LogP contribution in [0, 0.1) is 0 Å². The Labute approximate surface area is 128 Å². The van der Waals surface area contributed by atoms with Gasteiger partial charge in [-0.15, -0.1) is 0 Å². The fourth-order valence-corrected chi connectivity index (χ4v) is 1.57. The smallest absolute Gasteiger partial charge is 0.109 e. The van der Waals surface area contributed by atoms with E-state index in [2.05, 4.69) is 6.92 Å². The molecule has 2 unspecified atom stereocenters. The second kappa shape index (κ2) is 16.1. The molecule has 0 aliphatic rings. The highest BCUT2D eigenvalue weighted by atomic mass is 16.6. The van der Waals surface area contributed by atoms with Crippen molar-refractivity contribution in [1.82, 2.24) is 0 Å². The predicted octanol–water partition coefficient (Wildman–Crippen LogP) is 0.985. The summed E-state index contributed by atoms with van der Waals surface area (Å²) < 4.78 is 21.3. The van der Waals surface area contributed by atoms with Gasteiger partial charge in [-0.05, 0) is 12.8 Å². The summed E-state index contributed by atoms with van der Waals surface area (Å²) in [6, 6.07) is 0. The van der Waals surface area contributed by atoms with Crippen molar-refractivity contribution in [2.24, 2.45) is 0 Å². The molecule has 128 valence electrons. The molecule has 0 amide bonds. The van der Waals surface area contributed by atoms with E-state index in [1.807, 2.05) is 6.92 Å². The first-order valence-electron chi connectivity index (χ1n) is 7.89. The maximum Gasteiger partial charge on any atom is 0.109 e. The molecule has 0 aliphatic heterocycles. The van der Waals surface area contributed by atoms with Crippen molar-refractivity contribution in [2.75, 3.05) is 52.9 Å². The summed E-state index contributed by atoms with van der Waals surface area (Å²) in [5.74, 6) is 0. The van der Waals surface area contributed by atoms with E-state index in [4.69, 9.17) is 18.9 Å². The Morgan fingerprint density at radius 3 is 2.14 bits per heavy atom. The molecular formula is C15H32O6. The Morgan fingerprint density at radius 2 is 1.48 bits per heavy atom. The van der Waals surface area contributed by atoms with Crippen molar-refractivity contribution in [3.8, 4) is 0 Å². The standard InChI is InChI=1S/C15H32O6/c1-3-5-7-19-8-9-20-13-14(17)15(12-16)21-11-10-18-6-4-2/h14-17H,3-13H2,1-2H3. The monoisotopic (exact) mass is 308 g/mol. The van der Waals surface area contributed by atoms with Crippen molar-refractivity contribution in [1.29, 1.82) is 0 Å². The third-order valence-electron chi connectivity index (χ3n) is 2.82. The second-order valence-corrected chi connectivity index (χ2v) is 4.81. The van der Waals surface area contributed by atoms with Crippen LogP contribution in [0.2, 0.25) is 0 Å². The quantitative estimate of drug-likeness (QED) is 0.414. The maximum absolute atomic E-state index is 9.86. The summed E-state index contributed by atoms with van der Waals surface area (Å²) in [7, 11) is 0. The van der Waals surface area contributed by atoms with Gasteiger partial charge in [-0.2, -0.15) is 0 Å². The van der Waals surface area contributed by atoms with Crippen molar-refractivity contribution in [2.45, 2.75) is 45.3 Å². The van der Waals surface area contributed by atoms with Crippen LogP contribution in [-0.4, -0.2) is 75.3 Å². The Morgan fingerprint density at radius 1 is 0.810 bits per heavy atom. The molecule has 6 nitrogen and oxygen atoms in total. The summed E-state index contributed by atoms with van der Waals surface area (Å²) >= 11 is 0. The minimum Gasteiger partial charge on any atom is -0.394 e. The normalized spacial score (nSPS) is 14.3. The van der Waals surface area contributed by atoms with Gasteiger partial charge in [0.15, 0.2) is 0 Å². The van der Waals surface area contributed by atoms with Gasteiger partial charge in [-0.25, -0.2) is 0 Å². The molecule has 0 aromatic carbocycles. The number of ether oxygens (including phenoxy) is 4. The van der Waals surface area contributed by atoms with Gasteiger partial charge in [0.1, 0.15) is 12.2 Å². The Bertz CT molecular complexity index is 203. The van der Waals surface area contributed by atoms with Gasteiger partial charge in [0.2, 0.25) is 0 Å². The van der Waals surface area contributed by atoms with Gasteiger partial charge in [0.25, 0.3) is 0 Å². The lowest BCUT2D eigenvalue weighted by Crippen LogP contribution is -2.37. The SMILES string of the molecule is CCCCOCCOCC(O)C(CO)OCCOCCC. The number of aliphatic hydroxyl groups excluding tert-OH is 2. The predicted molar refractivity (Wildman–Crippen MR) is 80.5 cm³/mol. The molecule has 2 atom stereocenters. The minimum atomic E-state index is -0.850. The van der Waals surface area contributed by atoms with Gasteiger partial charge in [0, 0.05) is 13.2 Å². The lowest BCUT2D eigenvalue weighted by Gasteiger charge is -2.21. The molecule has 6 heteroatoms. The highest BCUT2D eigenvalue weighted by Crippen LogP contribution is 2.01. The van der Waals surface area contributed by atoms with Crippen LogP contribution in [0.1, 0.15) is 33.1 Å². The number of unbranched alkanes of at least 4 members (excludes halogenated alkanes) is 1. The van der Waals surface area contributed by atoms with E-state index >= 15 is 0 Å². The van der Waals surface area contributed by atoms with E-state index < -0.39 is 12.2 Å². The van der Waals surface area contributed by atoms with Crippen LogP contribution < -0.4 is 0 Å². The first kappa shape index (κ1) is 20.8. The molecular weight excluding hydrogens is 276 g/mol. The van der Waals surface area contributed by atoms with Crippen molar-refractivity contribution in [3.63, 3.8) is 0 Å². The van der Waals surface area contributed by atoms with Gasteiger partial charge >= 0.3 is 0 Å². The molecule has 0 saturated heterocycles. The summed E-state index contributed by atoms with van der Waals surface area (Å²) in [5, 5.41) is 19.1. The molecule has 0 saturated carbocycles. The van der Waals surface area contributed by atoms with E-state index in [1.165, 1.54) is 0 Å². The zero-order chi connectivity index (χ0) is 15.8. The van der Waals surface area contributed by atoms with Gasteiger partial charge < -0.3 is 29.2 Å². The topological polar surface area (TPSA) is 77.4 Å². The van der Waals surface area contributed by atoms with Crippen molar-refractivity contribution in [3.05, 3.63) is 0 Å². The zero-order valence-corrected chi connectivity index (χ0v) is 13.5. The number of aliphatic hydroxyl groups is 2. The van der Waals surface area contributed by atoms with Crippen LogP contribution in [0.15, 0.2) is 0 Å². The first-order chi connectivity index (χ1) is 10.3. The molecule has 0 spiro atoms. The van der Waals surface area contributed by atoms with Crippen LogP contribution in [0.4, 0.5) is 0 Å². The van der Waals surface area contributed by atoms with Crippen molar-refractivity contribution < 1.29 is 29.2 Å². The van der Waals surface area contributed by atoms with E-state index in [1.54, 1.807) is 0 Å². The highest BCUT2D eigenvalue weighted by Gasteiger charge is 2.19. The van der Waals surface area contributed by atoms with Gasteiger partial charge in [0.05, 0.1) is 39.6 Å². The first-order valence-corrected chi connectivity index (χ1v) is 7.89. The largest absolute Gasteiger partial charge is 0.394 e. The van der Waals surface area contributed by atoms with E-state index in [0.29, 0.717) is 33.0 Å². The summed E-state index contributed by atoms with van der Waals surface area (Å²) in [4.78, 5) is 0. The number of hydrogen-bond acceptors (Lipinski definition) is 6. The number of rotatable bonds is 16. The minimum absolute atomic E-state index is 0.123. The molecule has 0 fully saturated rings. The zero-order valence-electron chi connectivity index (χ0n) is 13.5. The molecule has 0 bridgehead atoms. The third kappa shape index (κ3) is 13.2. The Hall–Kier alpha value is -0.240. The average Bonchev–Trinajstić information content (AvgIpc) is 2.50. The molecule has 0 rings (SSSR count). The fraction of sp³-hybridized carbons (Fsp3) is 1.00. The molecule has 2 N–H and O–H groups in total. The molecule has 0 aromatic rings. The van der Waals surface area contributed by atoms with E-state index in [0.717, 1.165) is 25.9 Å². The van der Waals surface area contributed by atoms with E-state index in [9.17, 15) is 10.2 Å². The van der Waals surface area contributed by atoms with Crippen LogP contribution >= 0.6 is 0 Å². The summed E-state index contributed by atoms with van der Waals surface area (Å²) in [6.45, 7) is 7.21. The van der Waals surface area contributed by atoms with Crippen LogP contribution in [0.5, 0.6) is 0 Å². The van der Waals surface area contributed by atoms with Crippen LogP contribution in [-0.2, 0) is 18.9 Å². The van der Waals surface area contributed by atoms with Crippen LogP contribution in [0.25, 0.3) is 0 Å². The lowest BCUT2D eigenvalue weighted by atomic mass is 10.2. The summed E-state index contributed by atoms with van der Waals surface area (Å²) in [6.07, 6.45) is 1.62. The Balaban J connectivity index is 3.53. The number of hydrogen-bond donors (Lipinski definition) is 2. The van der Waals surface area contributed by atoms with Gasteiger partial charge in [-0.1, -0.05) is 20.3 Å². The van der Waals surface area contributed by atoms with Crippen molar-refractivity contribution >= 4 is 0 Å². The highest BCUT2D eigenvalue weighted by molar-refractivity contribution is 4.67. The molecule has 21 heavy (non-hydrogen) atoms. The second-order valence-electron chi connectivity index (χ2n) is 4.81. The molecule has 0 aromatic heterocycles. The molecule has 0 heterocycles. The summed E-state index contributed by atoms with van der Waals surface area (Å²) in [5.41, 5.74) is 0. The average molecular weight is 308 g/mol. The third-order valence-corrected chi connectivity index (χ3v) is 2.82. The van der Waals surface area contributed by atoms with E-state index in [-0.39, 0.29) is 13.2 Å². The maximum atomic E-state index is 9.86.